The molecule has 0 saturated heterocycles. The quantitative estimate of drug-likeness (QED) is 0.762. The molecule has 3 nitrogen and oxygen atoms in total. The van der Waals surface area contributed by atoms with Crippen LogP contribution in [0.1, 0.15) is 53.4 Å². The van der Waals surface area contributed by atoms with Crippen molar-refractivity contribution >= 4 is 11.6 Å². The third-order valence-corrected chi connectivity index (χ3v) is 8.64. The fourth-order valence-electron chi connectivity index (χ4n) is 6.81. The number of aliphatic hydroxyl groups is 1. The predicted octanol–water partition coefficient (Wildman–Crippen LogP) is 4.03. The molecule has 2 fully saturated rings. The zero-order chi connectivity index (χ0) is 18.9. The Kier molecular flexibility index (Phi) is 3.80. The van der Waals surface area contributed by atoms with E-state index in [0.29, 0.717) is 17.8 Å². The summed E-state index contributed by atoms with van der Waals surface area (Å²) in [5.74, 6) is 1.40. The number of Topliss-reactive ketones (excluding diaryl/α,β-unsaturated/α-hetero) is 1. The summed E-state index contributed by atoms with van der Waals surface area (Å²) < 4.78 is 0. The van der Waals surface area contributed by atoms with E-state index in [1.54, 1.807) is 6.08 Å². The molecule has 0 aromatic heterocycles. The van der Waals surface area contributed by atoms with Crippen LogP contribution in [0.3, 0.4) is 0 Å². The molecular weight excluding hydrogens is 324 g/mol. The van der Waals surface area contributed by atoms with Gasteiger partial charge in [0.25, 0.3) is 0 Å². The maximum atomic E-state index is 12.6. The molecular formula is C23H30O3. The van der Waals surface area contributed by atoms with Crippen molar-refractivity contribution in [2.24, 2.45) is 34.0 Å². The van der Waals surface area contributed by atoms with Gasteiger partial charge in [-0.3, -0.25) is 9.59 Å². The number of aliphatic hydroxyl groups excluding tert-OH is 1. The highest BCUT2D eigenvalue weighted by atomic mass is 16.3. The summed E-state index contributed by atoms with van der Waals surface area (Å²) in [6.07, 6.45) is 11.9. The van der Waals surface area contributed by atoms with Crippen LogP contribution in [-0.2, 0) is 9.59 Å². The maximum absolute atomic E-state index is 12.6. The summed E-state index contributed by atoms with van der Waals surface area (Å²) in [6, 6.07) is 0. The van der Waals surface area contributed by atoms with Crippen molar-refractivity contribution in [1.82, 2.24) is 0 Å². The van der Waals surface area contributed by atoms with Crippen molar-refractivity contribution < 1.29 is 14.7 Å². The Morgan fingerprint density at radius 1 is 1.27 bits per heavy atom. The minimum Gasteiger partial charge on any atom is -0.389 e. The molecule has 26 heavy (non-hydrogen) atoms. The lowest BCUT2D eigenvalue weighted by molar-refractivity contribution is -0.138. The van der Waals surface area contributed by atoms with Crippen LogP contribution in [-0.4, -0.2) is 23.3 Å². The summed E-state index contributed by atoms with van der Waals surface area (Å²) in [5, 5.41) is 9.55. The summed E-state index contributed by atoms with van der Waals surface area (Å²) in [5.41, 5.74) is 2.02. The number of hydrogen-bond acceptors (Lipinski definition) is 3. The van der Waals surface area contributed by atoms with Crippen LogP contribution in [0.25, 0.3) is 0 Å². The first-order valence-corrected chi connectivity index (χ1v) is 9.97. The molecule has 0 amide bonds. The lowest BCUT2D eigenvalue weighted by Gasteiger charge is -2.55. The predicted molar refractivity (Wildman–Crippen MR) is 101 cm³/mol. The van der Waals surface area contributed by atoms with Crippen LogP contribution in [0.2, 0.25) is 0 Å². The molecule has 3 heteroatoms. The normalized spacial score (nSPS) is 46.8. The van der Waals surface area contributed by atoms with Gasteiger partial charge in [-0.15, -0.1) is 0 Å². The molecule has 0 aromatic rings. The number of carbonyl (C=O) groups is 2. The molecule has 2 saturated carbocycles. The smallest absolute Gasteiger partial charge is 0.178 e. The van der Waals surface area contributed by atoms with Gasteiger partial charge >= 0.3 is 0 Å². The molecule has 4 rings (SSSR count). The van der Waals surface area contributed by atoms with Crippen molar-refractivity contribution in [3.63, 3.8) is 0 Å². The Morgan fingerprint density at radius 3 is 2.69 bits per heavy atom. The van der Waals surface area contributed by atoms with Crippen LogP contribution in [0.4, 0.5) is 0 Å². The largest absolute Gasteiger partial charge is 0.389 e. The van der Waals surface area contributed by atoms with Gasteiger partial charge in [0.1, 0.15) is 6.61 Å². The summed E-state index contributed by atoms with van der Waals surface area (Å²) >= 11 is 0. The van der Waals surface area contributed by atoms with Crippen molar-refractivity contribution in [2.75, 3.05) is 6.61 Å². The third-order valence-electron chi connectivity index (χ3n) is 8.64. The summed E-state index contributed by atoms with van der Waals surface area (Å²) in [6.45, 7) is 8.48. The van der Waals surface area contributed by atoms with E-state index in [2.05, 4.69) is 39.8 Å². The van der Waals surface area contributed by atoms with Crippen LogP contribution in [0, 0.1) is 34.0 Å². The topological polar surface area (TPSA) is 54.4 Å². The molecule has 0 aliphatic heterocycles. The molecule has 4 aliphatic rings. The zero-order valence-corrected chi connectivity index (χ0v) is 16.3. The Hall–Kier alpha value is -1.48. The van der Waals surface area contributed by atoms with E-state index in [4.69, 9.17) is 0 Å². The van der Waals surface area contributed by atoms with Crippen molar-refractivity contribution in [3.05, 3.63) is 35.5 Å². The molecule has 0 aromatic carbocycles. The molecule has 2 unspecified atom stereocenters. The standard InChI is InChI=1S/C23H30O3/c1-14-11-16-17(21(2)8-5-15(25)12-19(14)21)6-9-22(3)18(16)7-10-23(22,4)20(26)13-24/h5-6,8,12,14,16,18,24H,7,9-11,13H2,1-4H3/t14-,16?,18?,21+,22-,23+/m0/s1. The van der Waals surface area contributed by atoms with Crippen molar-refractivity contribution in [1.29, 1.82) is 0 Å². The van der Waals surface area contributed by atoms with E-state index in [-0.39, 0.29) is 29.0 Å². The fourth-order valence-corrected chi connectivity index (χ4v) is 6.81. The number of ketones is 2. The Balaban J connectivity index is 1.80. The first-order valence-electron chi connectivity index (χ1n) is 9.97. The second kappa shape index (κ2) is 5.51. The first-order chi connectivity index (χ1) is 12.2. The van der Waals surface area contributed by atoms with Gasteiger partial charge in [0.2, 0.25) is 0 Å². The van der Waals surface area contributed by atoms with Gasteiger partial charge in [0.15, 0.2) is 11.6 Å². The second-order valence-corrected chi connectivity index (χ2v) is 9.62. The van der Waals surface area contributed by atoms with Gasteiger partial charge in [-0.05, 0) is 73.5 Å². The summed E-state index contributed by atoms with van der Waals surface area (Å²) in [7, 11) is 0. The number of carbonyl (C=O) groups excluding carboxylic acids is 2. The number of rotatable bonds is 2. The molecule has 140 valence electrons. The Bertz CT molecular complexity index is 772. The molecule has 0 heterocycles. The Labute approximate surface area is 156 Å². The highest BCUT2D eigenvalue weighted by molar-refractivity contribution is 6.01. The van der Waals surface area contributed by atoms with E-state index in [1.165, 1.54) is 11.1 Å². The summed E-state index contributed by atoms with van der Waals surface area (Å²) in [4.78, 5) is 24.6. The second-order valence-electron chi connectivity index (χ2n) is 9.62. The van der Waals surface area contributed by atoms with Gasteiger partial charge in [-0.2, -0.15) is 0 Å². The van der Waals surface area contributed by atoms with Gasteiger partial charge in [-0.25, -0.2) is 0 Å². The highest BCUT2D eigenvalue weighted by Crippen LogP contribution is 2.68. The molecule has 1 N–H and O–H groups in total. The van der Waals surface area contributed by atoms with Crippen LogP contribution in [0.15, 0.2) is 35.5 Å². The molecule has 6 atom stereocenters. The van der Waals surface area contributed by atoms with Crippen LogP contribution in [0.5, 0.6) is 0 Å². The third kappa shape index (κ3) is 2.04. The zero-order valence-electron chi connectivity index (χ0n) is 16.3. The van der Waals surface area contributed by atoms with E-state index >= 15 is 0 Å². The maximum Gasteiger partial charge on any atom is 0.178 e. The van der Waals surface area contributed by atoms with E-state index in [1.807, 2.05) is 6.08 Å². The van der Waals surface area contributed by atoms with Crippen molar-refractivity contribution in [2.45, 2.75) is 53.4 Å². The SMILES string of the molecule is C[C@H]1CC2C(=CC[C@@]3(C)C2CC[C@]3(C)C(=O)CO)[C@@]2(C)C=CC(=O)C=C12. The fraction of sp³-hybridized carbons (Fsp3) is 0.652. The molecule has 0 radical (unpaired) electrons. The minimum absolute atomic E-state index is 0.00170. The number of fused-ring (bicyclic) bond motifs is 5. The average molecular weight is 354 g/mol. The van der Waals surface area contributed by atoms with Crippen molar-refractivity contribution in [3.8, 4) is 0 Å². The van der Waals surface area contributed by atoms with Crippen LogP contribution < -0.4 is 0 Å². The minimum atomic E-state index is -0.437. The highest BCUT2D eigenvalue weighted by Gasteiger charge is 2.62. The van der Waals surface area contributed by atoms with Gasteiger partial charge < -0.3 is 5.11 Å². The van der Waals surface area contributed by atoms with E-state index in [9.17, 15) is 14.7 Å². The van der Waals surface area contributed by atoms with E-state index in [0.717, 1.165) is 25.7 Å². The average Bonchev–Trinajstić information content (AvgIpc) is 2.88. The number of allylic oxidation sites excluding steroid dienone is 6. The van der Waals surface area contributed by atoms with E-state index < -0.39 is 5.41 Å². The van der Waals surface area contributed by atoms with Gasteiger partial charge in [-0.1, -0.05) is 38.5 Å². The van der Waals surface area contributed by atoms with Crippen LogP contribution >= 0.6 is 0 Å². The van der Waals surface area contributed by atoms with Gasteiger partial charge in [0.05, 0.1) is 0 Å². The lowest BCUT2D eigenvalue weighted by atomic mass is 9.48. The molecule has 0 bridgehead atoms. The number of hydrogen-bond donors (Lipinski definition) is 1. The lowest BCUT2D eigenvalue weighted by Crippen LogP contribution is -2.50. The molecule has 4 aliphatic carbocycles. The first kappa shape index (κ1) is 17.9. The Morgan fingerprint density at radius 2 is 2.00 bits per heavy atom. The molecule has 0 spiro atoms. The van der Waals surface area contributed by atoms with Gasteiger partial charge in [0, 0.05) is 10.8 Å². The monoisotopic (exact) mass is 354 g/mol.